The summed E-state index contributed by atoms with van der Waals surface area (Å²) in [6.07, 6.45) is 5.21. The maximum Gasteiger partial charge on any atom is 0.0985 e. The van der Waals surface area contributed by atoms with Gasteiger partial charge in [0.25, 0.3) is 0 Å². The number of hydrogen-bond donors (Lipinski definition) is 0. The zero-order valence-electron chi connectivity index (χ0n) is 7.92. The van der Waals surface area contributed by atoms with Crippen molar-refractivity contribution in [2.45, 2.75) is 0 Å². The molecule has 3 heteroatoms. The average molecular weight is 212 g/mol. The maximum atomic E-state index is 4.29. The molecule has 0 unspecified atom stereocenters. The van der Waals surface area contributed by atoms with Crippen LogP contribution in [0, 0.1) is 0 Å². The first kappa shape index (κ1) is 8.56. The Hall–Kier alpha value is -1.74. The smallest absolute Gasteiger partial charge is 0.0985 e. The normalized spacial score (nSPS) is 10.7. The minimum absolute atomic E-state index is 0.943. The van der Waals surface area contributed by atoms with Gasteiger partial charge >= 0.3 is 0 Å². The molecule has 0 radical (unpaired) electrons. The molecule has 0 aliphatic carbocycles. The van der Waals surface area contributed by atoms with E-state index in [1.807, 2.05) is 0 Å². The summed E-state index contributed by atoms with van der Waals surface area (Å²) in [4.78, 5) is 9.54. The van der Waals surface area contributed by atoms with Gasteiger partial charge in [-0.2, -0.15) is 0 Å². The topological polar surface area (TPSA) is 25.8 Å². The predicted molar refractivity (Wildman–Crippen MR) is 62.9 cm³/mol. The monoisotopic (exact) mass is 212 g/mol. The molecule has 15 heavy (non-hydrogen) atoms. The van der Waals surface area contributed by atoms with E-state index in [0.717, 1.165) is 5.69 Å². The number of thiophene rings is 1. The SMILES string of the molecule is c1ccc2sc(-c3cnccn3)cc2c1. The molecular weight excluding hydrogens is 204 g/mol. The van der Waals surface area contributed by atoms with Crippen LogP contribution in [0.5, 0.6) is 0 Å². The van der Waals surface area contributed by atoms with E-state index in [2.05, 4.69) is 40.3 Å². The molecule has 0 N–H and O–H groups in total. The quantitative estimate of drug-likeness (QED) is 0.618. The lowest BCUT2D eigenvalue weighted by atomic mass is 10.2. The molecule has 0 bridgehead atoms. The highest BCUT2D eigenvalue weighted by Gasteiger charge is 2.03. The lowest BCUT2D eigenvalue weighted by Gasteiger charge is -1.91. The fraction of sp³-hybridized carbons (Fsp3) is 0. The van der Waals surface area contributed by atoms with E-state index >= 15 is 0 Å². The van der Waals surface area contributed by atoms with Crippen molar-refractivity contribution < 1.29 is 0 Å². The zero-order chi connectivity index (χ0) is 10.1. The summed E-state index contributed by atoms with van der Waals surface area (Å²) in [5.41, 5.74) is 0.943. The molecule has 72 valence electrons. The number of rotatable bonds is 1. The summed E-state index contributed by atoms with van der Waals surface area (Å²) in [7, 11) is 0. The summed E-state index contributed by atoms with van der Waals surface area (Å²) < 4.78 is 1.29. The van der Waals surface area contributed by atoms with Gasteiger partial charge < -0.3 is 0 Å². The molecule has 0 saturated carbocycles. The van der Waals surface area contributed by atoms with Crippen molar-refractivity contribution in [1.29, 1.82) is 0 Å². The number of hydrogen-bond acceptors (Lipinski definition) is 3. The van der Waals surface area contributed by atoms with E-state index in [-0.39, 0.29) is 0 Å². The van der Waals surface area contributed by atoms with Gasteiger partial charge in [-0.1, -0.05) is 18.2 Å². The Bertz CT molecular complexity index is 554. The first-order valence-corrected chi connectivity index (χ1v) is 5.50. The maximum absolute atomic E-state index is 4.29. The van der Waals surface area contributed by atoms with Crippen LogP contribution in [0.25, 0.3) is 20.7 Å². The van der Waals surface area contributed by atoms with Crippen LogP contribution in [-0.2, 0) is 0 Å². The van der Waals surface area contributed by atoms with Crippen molar-refractivity contribution in [3.63, 3.8) is 0 Å². The van der Waals surface area contributed by atoms with Gasteiger partial charge in [0.1, 0.15) is 0 Å². The average Bonchev–Trinajstić information content (AvgIpc) is 2.74. The Labute approximate surface area is 91.2 Å². The summed E-state index contributed by atoms with van der Waals surface area (Å²) in [6, 6.07) is 10.5. The van der Waals surface area contributed by atoms with E-state index in [9.17, 15) is 0 Å². The molecule has 2 aromatic heterocycles. The van der Waals surface area contributed by atoms with Crippen LogP contribution in [0.15, 0.2) is 48.9 Å². The molecule has 3 aromatic rings. The third-order valence-corrected chi connectivity index (χ3v) is 3.38. The van der Waals surface area contributed by atoms with Crippen molar-refractivity contribution in [3.8, 4) is 10.6 Å². The number of benzene rings is 1. The molecular formula is C12H8N2S. The van der Waals surface area contributed by atoms with Crippen molar-refractivity contribution in [2.75, 3.05) is 0 Å². The second-order valence-corrected chi connectivity index (χ2v) is 4.32. The highest BCUT2D eigenvalue weighted by atomic mass is 32.1. The number of aromatic nitrogens is 2. The van der Waals surface area contributed by atoms with Crippen molar-refractivity contribution in [1.82, 2.24) is 9.97 Å². The van der Waals surface area contributed by atoms with Crippen LogP contribution in [0.4, 0.5) is 0 Å². The summed E-state index contributed by atoms with van der Waals surface area (Å²) in [5.74, 6) is 0. The van der Waals surface area contributed by atoms with Gasteiger partial charge in [-0.15, -0.1) is 11.3 Å². The molecule has 0 aliphatic heterocycles. The van der Waals surface area contributed by atoms with Gasteiger partial charge in [0, 0.05) is 17.1 Å². The van der Waals surface area contributed by atoms with Gasteiger partial charge in [0.05, 0.1) is 16.8 Å². The lowest BCUT2D eigenvalue weighted by molar-refractivity contribution is 1.21. The van der Waals surface area contributed by atoms with Gasteiger partial charge in [0.2, 0.25) is 0 Å². The minimum Gasteiger partial charge on any atom is -0.261 e. The molecule has 1 aromatic carbocycles. The molecule has 0 atom stereocenters. The molecule has 0 fully saturated rings. The van der Waals surface area contributed by atoms with E-state index in [0.29, 0.717) is 0 Å². The molecule has 2 heterocycles. The van der Waals surface area contributed by atoms with Crippen molar-refractivity contribution in [3.05, 3.63) is 48.9 Å². The second-order valence-electron chi connectivity index (χ2n) is 3.24. The number of nitrogens with zero attached hydrogens (tertiary/aromatic N) is 2. The minimum atomic E-state index is 0.943. The zero-order valence-corrected chi connectivity index (χ0v) is 8.74. The van der Waals surface area contributed by atoms with Crippen LogP contribution in [0.3, 0.4) is 0 Å². The predicted octanol–water partition coefficient (Wildman–Crippen LogP) is 3.36. The lowest BCUT2D eigenvalue weighted by Crippen LogP contribution is -1.79. The molecule has 0 aliphatic rings. The van der Waals surface area contributed by atoms with E-state index in [1.54, 1.807) is 29.9 Å². The van der Waals surface area contributed by atoms with Gasteiger partial charge in [0.15, 0.2) is 0 Å². The Balaban J connectivity index is 2.21. The Kier molecular flexibility index (Phi) is 1.96. The van der Waals surface area contributed by atoms with Gasteiger partial charge in [-0.25, -0.2) is 0 Å². The molecule has 0 saturated heterocycles. The van der Waals surface area contributed by atoms with Crippen molar-refractivity contribution >= 4 is 21.4 Å². The summed E-state index contributed by atoms with van der Waals surface area (Å²) in [6.45, 7) is 0. The largest absolute Gasteiger partial charge is 0.261 e. The standard InChI is InChI=1S/C12H8N2S/c1-2-4-11-9(3-1)7-12(15-11)10-8-13-5-6-14-10/h1-8H. The molecule has 0 amide bonds. The number of fused-ring (bicyclic) bond motifs is 1. The third-order valence-electron chi connectivity index (χ3n) is 2.24. The first-order chi connectivity index (χ1) is 7.43. The van der Waals surface area contributed by atoms with Gasteiger partial charge in [-0.3, -0.25) is 9.97 Å². The van der Waals surface area contributed by atoms with Crippen LogP contribution < -0.4 is 0 Å². The van der Waals surface area contributed by atoms with E-state index < -0.39 is 0 Å². The highest BCUT2D eigenvalue weighted by molar-refractivity contribution is 7.22. The van der Waals surface area contributed by atoms with Crippen LogP contribution in [0.2, 0.25) is 0 Å². The van der Waals surface area contributed by atoms with Crippen molar-refractivity contribution in [2.24, 2.45) is 0 Å². The first-order valence-electron chi connectivity index (χ1n) is 4.68. The summed E-state index contributed by atoms with van der Waals surface area (Å²) >= 11 is 1.75. The molecule has 2 nitrogen and oxygen atoms in total. The Morgan fingerprint density at radius 1 is 1.07 bits per heavy atom. The molecule has 3 rings (SSSR count). The second kappa shape index (κ2) is 3.44. The van der Waals surface area contributed by atoms with Crippen LogP contribution in [0.1, 0.15) is 0 Å². The fourth-order valence-electron chi connectivity index (χ4n) is 1.53. The fourth-order valence-corrected chi connectivity index (χ4v) is 2.56. The van der Waals surface area contributed by atoms with Crippen LogP contribution >= 0.6 is 11.3 Å². The van der Waals surface area contributed by atoms with Gasteiger partial charge in [-0.05, 0) is 17.5 Å². The molecule has 0 spiro atoms. The highest BCUT2D eigenvalue weighted by Crippen LogP contribution is 2.31. The Morgan fingerprint density at radius 2 is 2.00 bits per heavy atom. The van der Waals surface area contributed by atoms with Crippen LogP contribution in [-0.4, -0.2) is 9.97 Å². The van der Waals surface area contributed by atoms with E-state index in [1.165, 1.54) is 15.0 Å². The van der Waals surface area contributed by atoms with E-state index in [4.69, 9.17) is 0 Å². The Morgan fingerprint density at radius 3 is 2.80 bits per heavy atom. The third kappa shape index (κ3) is 1.51. The summed E-state index contributed by atoms with van der Waals surface area (Å²) in [5, 5.41) is 1.27.